The van der Waals surface area contributed by atoms with Crippen LogP contribution >= 0.6 is 0 Å². The average Bonchev–Trinajstić information content (AvgIpc) is 2.55. The number of rotatable bonds is 15. The van der Waals surface area contributed by atoms with E-state index in [-0.39, 0.29) is 6.10 Å². The number of allylic oxidation sites excluding steroid dienone is 7. The van der Waals surface area contributed by atoms with Crippen LogP contribution < -0.4 is 0 Å². The highest BCUT2D eigenvalue weighted by atomic mass is 16.4. The van der Waals surface area contributed by atoms with Crippen molar-refractivity contribution >= 4 is 5.97 Å². The van der Waals surface area contributed by atoms with Crippen LogP contribution in [0, 0.1) is 0 Å². The van der Waals surface area contributed by atoms with Crippen molar-refractivity contribution in [3.05, 3.63) is 48.6 Å². The molecule has 0 fully saturated rings. The van der Waals surface area contributed by atoms with Crippen LogP contribution in [0.1, 0.15) is 57.8 Å². The maximum atomic E-state index is 10.2. The maximum absolute atomic E-state index is 10.2. The van der Waals surface area contributed by atoms with E-state index < -0.39 is 5.97 Å². The molecular formula is C20H32O4. The predicted molar refractivity (Wildman–Crippen MR) is 98.8 cm³/mol. The number of hydrogen-bond acceptors (Lipinski definition) is 3. The molecule has 0 radical (unpaired) electrons. The zero-order chi connectivity index (χ0) is 17.9. The molecule has 3 N–H and O–H groups in total. The van der Waals surface area contributed by atoms with E-state index in [1.165, 1.54) is 18.9 Å². The fourth-order valence-electron chi connectivity index (χ4n) is 2.20. The summed E-state index contributed by atoms with van der Waals surface area (Å²) in [6.45, 7) is 0.291. The fourth-order valence-corrected chi connectivity index (χ4v) is 2.20. The van der Waals surface area contributed by atoms with E-state index in [1.54, 1.807) is 12.2 Å². The average molecular weight is 336 g/mol. The number of aliphatic carboxylic acids is 1. The summed E-state index contributed by atoms with van der Waals surface area (Å²) in [5.74, 6) is -0.955. The van der Waals surface area contributed by atoms with Crippen LogP contribution in [0.15, 0.2) is 48.6 Å². The minimum atomic E-state index is -0.955. The summed E-state index contributed by atoms with van der Waals surface area (Å²) in [6.07, 6.45) is 22.5. The summed E-state index contributed by atoms with van der Waals surface area (Å²) < 4.78 is 0. The van der Waals surface area contributed by atoms with Crippen LogP contribution in [0.5, 0.6) is 0 Å². The predicted octanol–water partition coefficient (Wildman–Crippen LogP) is 4.16. The Morgan fingerprint density at radius 2 is 1.38 bits per heavy atom. The molecule has 0 aliphatic carbocycles. The van der Waals surface area contributed by atoms with Gasteiger partial charge in [-0.1, -0.05) is 74.6 Å². The fraction of sp³-hybridized carbons (Fsp3) is 0.550. The molecule has 0 aromatic rings. The van der Waals surface area contributed by atoms with Gasteiger partial charge in [0.1, 0.15) is 0 Å². The van der Waals surface area contributed by atoms with E-state index in [2.05, 4.69) is 0 Å². The molecule has 0 amide bonds. The molecule has 136 valence electrons. The van der Waals surface area contributed by atoms with Crippen molar-refractivity contribution in [3.63, 3.8) is 0 Å². The third-order valence-electron chi connectivity index (χ3n) is 3.54. The minimum Gasteiger partial charge on any atom is -0.478 e. The summed E-state index contributed by atoms with van der Waals surface area (Å²) in [6, 6.07) is 0. The van der Waals surface area contributed by atoms with Gasteiger partial charge in [0.25, 0.3) is 0 Å². The van der Waals surface area contributed by atoms with Gasteiger partial charge in [0.2, 0.25) is 0 Å². The van der Waals surface area contributed by atoms with Crippen LogP contribution in [0.3, 0.4) is 0 Å². The van der Waals surface area contributed by atoms with Crippen molar-refractivity contribution in [2.24, 2.45) is 0 Å². The lowest BCUT2D eigenvalue weighted by Gasteiger charge is -2.08. The lowest BCUT2D eigenvalue weighted by Crippen LogP contribution is -2.05. The highest BCUT2D eigenvalue weighted by molar-refractivity contribution is 5.80. The first-order chi connectivity index (χ1) is 11.7. The first-order valence-electron chi connectivity index (χ1n) is 8.85. The van der Waals surface area contributed by atoms with Gasteiger partial charge >= 0.3 is 5.97 Å². The van der Waals surface area contributed by atoms with E-state index in [9.17, 15) is 9.90 Å². The number of aliphatic hydroxyl groups excluding tert-OH is 2. The molecule has 4 nitrogen and oxygen atoms in total. The van der Waals surface area contributed by atoms with Crippen LogP contribution in [-0.2, 0) is 4.79 Å². The lowest BCUT2D eigenvalue weighted by molar-refractivity contribution is -0.131. The molecule has 0 rings (SSSR count). The van der Waals surface area contributed by atoms with Crippen molar-refractivity contribution in [1.82, 2.24) is 0 Å². The molecule has 1 atom stereocenters. The smallest absolute Gasteiger partial charge is 0.328 e. The standard InChI is InChI=1S/C20H32O4/c21-18-14-10-6-5-8-12-16-19(22)15-11-7-3-1-2-4-9-13-17-20(23)24/h1-4,7,9,13,17,19,21-22H,5-6,8,10-12,14-16,18H2,(H,23,24). The number of carboxylic acid groups (broad SMARTS) is 1. The van der Waals surface area contributed by atoms with Gasteiger partial charge in [0.05, 0.1) is 6.10 Å². The highest BCUT2D eigenvalue weighted by Crippen LogP contribution is 2.11. The van der Waals surface area contributed by atoms with Crippen LogP contribution in [0.2, 0.25) is 0 Å². The molecule has 0 spiro atoms. The molecule has 0 aliphatic rings. The zero-order valence-electron chi connectivity index (χ0n) is 14.5. The molecule has 0 saturated carbocycles. The second-order valence-corrected chi connectivity index (χ2v) is 5.76. The van der Waals surface area contributed by atoms with Gasteiger partial charge in [0, 0.05) is 12.7 Å². The molecule has 24 heavy (non-hydrogen) atoms. The largest absolute Gasteiger partial charge is 0.478 e. The van der Waals surface area contributed by atoms with Crippen molar-refractivity contribution in [3.8, 4) is 0 Å². The molecule has 0 bridgehead atoms. The Balaban J connectivity index is 3.53. The summed E-state index contributed by atoms with van der Waals surface area (Å²) in [5, 5.41) is 27.0. The van der Waals surface area contributed by atoms with E-state index in [0.29, 0.717) is 6.61 Å². The van der Waals surface area contributed by atoms with Crippen LogP contribution in [0.25, 0.3) is 0 Å². The number of aliphatic hydroxyl groups is 2. The second-order valence-electron chi connectivity index (χ2n) is 5.76. The molecular weight excluding hydrogens is 304 g/mol. The van der Waals surface area contributed by atoms with Crippen molar-refractivity contribution in [2.75, 3.05) is 6.61 Å². The number of unbranched alkanes of at least 4 members (excludes halogenated alkanes) is 5. The monoisotopic (exact) mass is 336 g/mol. The Morgan fingerprint density at radius 3 is 2.04 bits per heavy atom. The molecule has 0 saturated heterocycles. The maximum Gasteiger partial charge on any atom is 0.328 e. The first kappa shape index (κ1) is 22.4. The first-order valence-corrected chi connectivity index (χ1v) is 8.85. The van der Waals surface area contributed by atoms with Crippen molar-refractivity contribution < 1.29 is 20.1 Å². The Morgan fingerprint density at radius 1 is 0.792 bits per heavy atom. The van der Waals surface area contributed by atoms with E-state index in [4.69, 9.17) is 10.2 Å². The number of hydrogen-bond donors (Lipinski definition) is 3. The van der Waals surface area contributed by atoms with Gasteiger partial charge in [-0.3, -0.25) is 0 Å². The van der Waals surface area contributed by atoms with Gasteiger partial charge < -0.3 is 15.3 Å². The quantitative estimate of drug-likeness (QED) is 0.238. The van der Waals surface area contributed by atoms with Gasteiger partial charge in [-0.05, 0) is 25.7 Å². The SMILES string of the molecule is O=C(O)C=CC=CC=CC=CCCC(O)CCCCCCCCO. The molecule has 1 unspecified atom stereocenters. The molecule has 0 aliphatic heterocycles. The van der Waals surface area contributed by atoms with Crippen LogP contribution in [0.4, 0.5) is 0 Å². The molecule has 0 heterocycles. The Hall–Kier alpha value is -1.65. The molecule has 0 aromatic heterocycles. The summed E-state index contributed by atoms with van der Waals surface area (Å²) in [4.78, 5) is 10.2. The van der Waals surface area contributed by atoms with Gasteiger partial charge in [-0.15, -0.1) is 0 Å². The number of carbonyl (C=O) groups is 1. The van der Waals surface area contributed by atoms with Gasteiger partial charge in [-0.2, -0.15) is 0 Å². The minimum absolute atomic E-state index is 0.225. The second kappa shape index (κ2) is 17.7. The van der Waals surface area contributed by atoms with Gasteiger partial charge in [0.15, 0.2) is 0 Å². The lowest BCUT2D eigenvalue weighted by atomic mass is 10.0. The third-order valence-corrected chi connectivity index (χ3v) is 3.54. The van der Waals surface area contributed by atoms with E-state index in [1.807, 2.05) is 24.3 Å². The normalized spacial score (nSPS) is 13.8. The Labute approximate surface area is 145 Å². The topological polar surface area (TPSA) is 77.8 Å². The Bertz CT molecular complexity index is 408. The summed E-state index contributed by atoms with van der Waals surface area (Å²) in [7, 11) is 0. The Kier molecular flexibility index (Phi) is 16.5. The zero-order valence-corrected chi connectivity index (χ0v) is 14.5. The van der Waals surface area contributed by atoms with Crippen LogP contribution in [-0.4, -0.2) is 34.0 Å². The highest BCUT2D eigenvalue weighted by Gasteiger charge is 2.02. The third kappa shape index (κ3) is 18.4. The molecule has 4 heteroatoms. The van der Waals surface area contributed by atoms with E-state index >= 15 is 0 Å². The summed E-state index contributed by atoms with van der Waals surface area (Å²) in [5.41, 5.74) is 0. The number of carboxylic acids is 1. The van der Waals surface area contributed by atoms with Gasteiger partial charge in [-0.25, -0.2) is 4.79 Å². The van der Waals surface area contributed by atoms with E-state index in [0.717, 1.165) is 51.0 Å². The van der Waals surface area contributed by atoms with Crippen molar-refractivity contribution in [2.45, 2.75) is 63.9 Å². The van der Waals surface area contributed by atoms with Crippen molar-refractivity contribution in [1.29, 1.82) is 0 Å². The molecule has 0 aromatic carbocycles. The summed E-state index contributed by atoms with van der Waals surface area (Å²) >= 11 is 0.